The summed E-state index contributed by atoms with van der Waals surface area (Å²) >= 11 is 0. The first-order valence-electron chi connectivity index (χ1n) is 16.3. The molecule has 3 unspecified atom stereocenters. The lowest BCUT2D eigenvalue weighted by Gasteiger charge is -2.33. The molecule has 1 aliphatic carbocycles. The van der Waals surface area contributed by atoms with Crippen molar-refractivity contribution in [3.63, 3.8) is 0 Å². The molecular formula is C31H46BN6O11P. The van der Waals surface area contributed by atoms with Gasteiger partial charge in [-0.2, -0.15) is 0 Å². The molecule has 0 bridgehead atoms. The van der Waals surface area contributed by atoms with Crippen LogP contribution in [0.15, 0.2) is 48.9 Å². The Balaban J connectivity index is 1.36. The molecule has 3 amide bonds. The summed E-state index contributed by atoms with van der Waals surface area (Å²) in [6.45, 7) is 5.88. The summed E-state index contributed by atoms with van der Waals surface area (Å²) in [5.74, 6) is -1.55. The third-order valence-electron chi connectivity index (χ3n) is 8.99. The fraction of sp³-hybridized carbons (Fsp3) is 0.581. The molecule has 50 heavy (non-hydrogen) atoms. The van der Waals surface area contributed by atoms with Gasteiger partial charge in [-0.05, 0) is 23.8 Å². The molecule has 1 saturated carbocycles. The van der Waals surface area contributed by atoms with E-state index in [2.05, 4.69) is 44.5 Å². The smallest absolute Gasteiger partial charge is 0.408 e. The largest absolute Gasteiger partial charge is 0.484 e. The van der Waals surface area contributed by atoms with Crippen LogP contribution in [-0.2, 0) is 34.6 Å². The first-order valence-corrected chi connectivity index (χ1v) is 18.0. The monoisotopic (exact) mass is 720 g/mol. The van der Waals surface area contributed by atoms with Gasteiger partial charge < -0.3 is 50.0 Å². The zero-order chi connectivity index (χ0) is 36.5. The molecule has 7 N–H and O–H groups in total. The quantitative estimate of drug-likeness (QED) is 0.0630. The summed E-state index contributed by atoms with van der Waals surface area (Å²) in [5, 5.41) is 25.5. The minimum Gasteiger partial charge on any atom is -0.408 e. The number of amides is 3. The number of methoxy groups -OCH3 is 1. The van der Waals surface area contributed by atoms with Crippen LogP contribution < -0.4 is 16.0 Å². The Labute approximate surface area is 290 Å². The van der Waals surface area contributed by atoms with Crippen LogP contribution in [0.2, 0.25) is 0 Å². The summed E-state index contributed by atoms with van der Waals surface area (Å²) in [6, 6.07) is 8.43. The predicted octanol–water partition coefficient (Wildman–Crippen LogP) is -0.938. The Morgan fingerprint density at radius 2 is 1.84 bits per heavy atom. The number of carbonyl (C=O) groups is 3. The molecule has 2 aliphatic rings. The van der Waals surface area contributed by atoms with E-state index in [-0.39, 0.29) is 49.6 Å². The number of hydrogen-bond acceptors (Lipinski definition) is 12. The predicted molar refractivity (Wildman–Crippen MR) is 179 cm³/mol. The summed E-state index contributed by atoms with van der Waals surface area (Å²) in [7, 11) is -5.15. The second-order valence-corrected chi connectivity index (χ2v) is 14.7. The molecule has 2 aromatic rings. The van der Waals surface area contributed by atoms with Crippen molar-refractivity contribution in [2.24, 2.45) is 11.8 Å². The molecule has 1 aromatic carbocycles. The Morgan fingerprint density at radius 1 is 1.16 bits per heavy atom. The number of aromatic nitrogens is 2. The first-order chi connectivity index (χ1) is 23.7. The molecule has 5 atom stereocenters. The maximum Gasteiger partial charge on any atom is 0.484 e. The molecule has 0 spiro atoms. The van der Waals surface area contributed by atoms with Crippen LogP contribution in [0.1, 0.15) is 42.7 Å². The van der Waals surface area contributed by atoms with E-state index in [0.29, 0.717) is 26.1 Å². The van der Waals surface area contributed by atoms with Crippen LogP contribution in [-0.4, -0.2) is 129 Å². The highest BCUT2D eigenvalue weighted by atomic mass is 31.2. The molecule has 274 valence electrons. The van der Waals surface area contributed by atoms with Gasteiger partial charge in [0.1, 0.15) is 11.7 Å². The highest BCUT2D eigenvalue weighted by Gasteiger charge is 2.66. The number of aliphatic hydroxyl groups is 2. The summed E-state index contributed by atoms with van der Waals surface area (Å²) in [6.07, 6.45) is 1.68. The fourth-order valence-corrected chi connectivity index (χ4v) is 6.81. The highest BCUT2D eigenvalue weighted by molar-refractivity contribution is 7.53. The van der Waals surface area contributed by atoms with Gasteiger partial charge in [-0.1, -0.05) is 44.2 Å². The van der Waals surface area contributed by atoms with E-state index in [1.807, 2.05) is 35.2 Å². The van der Waals surface area contributed by atoms with Crippen LogP contribution in [0.3, 0.4) is 0 Å². The maximum atomic E-state index is 14.0. The van der Waals surface area contributed by atoms with Gasteiger partial charge in [-0.15, -0.1) is 0 Å². The molecule has 1 aromatic heterocycles. The van der Waals surface area contributed by atoms with Gasteiger partial charge in [0, 0.05) is 65.3 Å². The fourth-order valence-electron chi connectivity index (χ4n) is 6.07. The van der Waals surface area contributed by atoms with Gasteiger partial charge in [-0.25, -0.2) is 4.98 Å². The zero-order valence-corrected chi connectivity index (χ0v) is 29.2. The Kier molecular flexibility index (Phi) is 13.6. The standard InChI is InChI=1S/C31H46BN6O11P/c1-21(2)23-18-30(23,37-28(41)24(17-22-7-5-4-6-8-22)36-27(40)25-20-33-9-10-34-25)32-48-15-13-38(14-16-49-32)12-11-35-26(39)19-31(43,29(42)47-3)50(44,45)46/h4-10,20-21,23-24,29,42-43H,11-19H2,1-3H3,(H,35,39)(H,36,40)(H,37,41)(H2,44,45,46)/t23-,24+,29?,30?,31?/m0/s1. The number of aliphatic hydroxyl groups excluding tert-OH is 1. The molecular weight excluding hydrogens is 674 g/mol. The Bertz CT molecular complexity index is 1480. The molecule has 2 heterocycles. The maximum absolute atomic E-state index is 14.0. The molecule has 0 radical (unpaired) electrons. The van der Waals surface area contributed by atoms with E-state index in [1.54, 1.807) is 0 Å². The van der Waals surface area contributed by atoms with E-state index < -0.39 is 56.1 Å². The van der Waals surface area contributed by atoms with Crippen LogP contribution in [0.25, 0.3) is 0 Å². The van der Waals surface area contributed by atoms with Gasteiger partial charge in [0.05, 0.1) is 18.1 Å². The van der Waals surface area contributed by atoms with Crippen molar-refractivity contribution < 1.29 is 53.0 Å². The third kappa shape index (κ3) is 9.93. The van der Waals surface area contributed by atoms with Gasteiger partial charge in [-0.3, -0.25) is 28.8 Å². The molecule has 4 rings (SSSR count). The second-order valence-electron chi connectivity index (χ2n) is 12.8. The van der Waals surface area contributed by atoms with Crippen LogP contribution in [0.5, 0.6) is 0 Å². The lowest BCUT2D eigenvalue weighted by Crippen LogP contribution is -2.60. The second kappa shape index (κ2) is 17.3. The van der Waals surface area contributed by atoms with E-state index in [1.165, 1.54) is 18.6 Å². The van der Waals surface area contributed by atoms with Crippen molar-refractivity contribution in [1.29, 1.82) is 0 Å². The number of rotatable bonds is 16. The number of nitrogens with zero attached hydrogens (tertiary/aromatic N) is 3. The number of hydrogen-bond donors (Lipinski definition) is 7. The highest BCUT2D eigenvalue weighted by Crippen LogP contribution is 2.53. The van der Waals surface area contributed by atoms with E-state index in [9.17, 15) is 38.9 Å². The molecule has 1 aliphatic heterocycles. The van der Waals surface area contributed by atoms with E-state index in [4.69, 9.17) is 9.31 Å². The number of carbonyl (C=O) groups excluding carboxylic acids is 3. The molecule has 19 heteroatoms. The average Bonchev–Trinajstić information content (AvgIpc) is 3.80. The van der Waals surface area contributed by atoms with Crippen molar-refractivity contribution in [2.45, 2.75) is 56.2 Å². The first kappa shape index (κ1) is 39.5. The van der Waals surface area contributed by atoms with Crippen molar-refractivity contribution in [2.75, 3.05) is 46.5 Å². The van der Waals surface area contributed by atoms with E-state index >= 15 is 0 Å². The van der Waals surface area contributed by atoms with Crippen LogP contribution >= 0.6 is 7.60 Å². The van der Waals surface area contributed by atoms with Crippen molar-refractivity contribution in [3.8, 4) is 0 Å². The van der Waals surface area contributed by atoms with E-state index in [0.717, 1.165) is 12.7 Å². The number of nitrogens with one attached hydrogen (secondary N) is 3. The Morgan fingerprint density at radius 3 is 2.40 bits per heavy atom. The zero-order valence-electron chi connectivity index (χ0n) is 28.3. The van der Waals surface area contributed by atoms with Gasteiger partial charge in [0.15, 0.2) is 6.29 Å². The summed E-state index contributed by atoms with van der Waals surface area (Å²) in [5.41, 5.74) is 0.121. The van der Waals surface area contributed by atoms with Crippen molar-refractivity contribution in [3.05, 3.63) is 60.2 Å². The molecule has 1 saturated heterocycles. The van der Waals surface area contributed by atoms with Crippen LogP contribution in [0.4, 0.5) is 0 Å². The minimum atomic E-state index is -5.33. The van der Waals surface area contributed by atoms with Gasteiger partial charge >= 0.3 is 14.7 Å². The van der Waals surface area contributed by atoms with Gasteiger partial charge in [0.25, 0.3) is 5.91 Å². The lowest BCUT2D eigenvalue weighted by atomic mass is 9.71. The minimum absolute atomic E-state index is 0.0543. The molecule has 17 nitrogen and oxygen atoms in total. The summed E-state index contributed by atoms with van der Waals surface area (Å²) < 4.78 is 28.6. The van der Waals surface area contributed by atoms with Crippen LogP contribution in [0, 0.1) is 11.8 Å². The van der Waals surface area contributed by atoms with Crippen molar-refractivity contribution >= 4 is 32.4 Å². The average molecular weight is 721 g/mol. The lowest BCUT2D eigenvalue weighted by molar-refractivity contribution is -0.176. The Hall–Kier alpha value is -3.32. The number of ether oxygens (including phenoxy) is 1. The topological polar surface area (TPSA) is 242 Å². The normalized spacial score (nSPS) is 22.4. The summed E-state index contributed by atoms with van der Waals surface area (Å²) in [4.78, 5) is 68.3. The van der Waals surface area contributed by atoms with Crippen molar-refractivity contribution in [1.82, 2.24) is 30.8 Å². The SMILES string of the molecule is COC(O)C(O)(CC(=O)NCCN1CCOB(C2(NC(=O)[C@@H](Cc3ccccc3)NC(=O)c3cnccn3)C[C@H]2C(C)C)OCC1)P(=O)(O)O. The third-order valence-corrected chi connectivity index (χ3v) is 10.4. The van der Waals surface area contributed by atoms with Gasteiger partial charge in [0.2, 0.25) is 17.2 Å². The molecule has 2 fully saturated rings. The number of benzene rings is 1.